The average Bonchev–Trinajstić information content (AvgIpc) is 2.86. The van der Waals surface area contributed by atoms with Gasteiger partial charge in [-0.3, -0.25) is 10.1 Å². The lowest BCUT2D eigenvalue weighted by Crippen LogP contribution is -2.32. The minimum absolute atomic E-state index is 0.161. The Hall–Kier alpha value is -2.51. The molecule has 2 aromatic heterocycles. The van der Waals surface area contributed by atoms with E-state index in [-0.39, 0.29) is 11.0 Å². The molecule has 0 saturated heterocycles. The molecule has 0 aromatic carbocycles. The van der Waals surface area contributed by atoms with Gasteiger partial charge in [0.05, 0.1) is 5.69 Å². The van der Waals surface area contributed by atoms with Crippen molar-refractivity contribution in [3.63, 3.8) is 0 Å². The Bertz CT molecular complexity index is 749. The second kappa shape index (κ2) is 6.54. The fourth-order valence-electron chi connectivity index (χ4n) is 3.19. The third-order valence-electron chi connectivity index (χ3n) is 4.39. The molecule has 8 heteroatoms. The topological polar surface area (TPSA) is 98.8 Å². The largest absolute Gasteiger partial charge is 0.367 e. The second-order valence-corrected chi connectivity index (χ2v) is 6.47. The van der Waals surface area contributed by atoms with Gasteiger partial charge >= 0.3 is 0 Å². The fraction of sp³-hybridized carbons (Fsp3) is 0.562. The van der Waals surface area contributed by atoms with Crippen molar-refractivity contribution in [2.75, 3.05) is 5.32 Å². The first-order valence-corrected chi connectivity index (χ1v) is 8.21. The average molecular weight is 330 g/mol. The van der Waals surface area contributed by atoms with Crippen LogP contribution in [0.25, 0.3) is 5.95 Å². The zero-order valence-corrected chi connectivity index (χ0v) is 14.2. The van der Waals surface area contributed by atoms with Crippen LogP contribution < -0.4 is 5.32 Å². The van der Waals surface area contributed by atoms with E-state index in [2.05, 4.69) is 20.4 Å². The molecular weight excluding hydrogens is 308 g/mol. The lowest BCUT2D eigenvalue weighted by Gasteiger charge is -2.25. The molecule has 24 heavy (non-hydrogen) atoms. The van der Waals surface area contributed by atoms with E-state index in [0.29, 0.717) is 18.8 Å². The first kappa shape index (κ1) is 16.4. The molecule has 1 aliphatic carbocycles. The van der Waals surface area contributed by atoms with Gasteiger partial charge in [-0.1, -0.05) is 0 Å². The molecule has 0 bridgehead atoms. The predicted octanol–water partition coefficient (Wildman–Crippen LogP) is 2.59. The quantitative estimate of drug-likeness (QED) is 0.683. The lowest BCUT2D eigenvalue weighted by molar-refractivity contribution is -0.526. The molecule has 0 unspecified atom stereocenters. The summed E-state index contributed by atoms with van der Waals surface area (Å²) in [5.74, 6) is 1.29. The summed E-state index contributed by atoms with van der Waals surface area (Å²) in [5.41, 5.74) is 2.76. The molecule has 2 heterocycles. The normalized spacial score (nSPS) is 20.8. The Balaban J connectivity index is 1.75. The van der Waals surface area contributed by atoms with Gasteiger partial charge in [-0.15, -0.1) is 0 Å². The third-order valence-corrected chi connectivity index (χ3v) is 4.39. The molecule has 0 aliphatic heterocycles. The summed E-state index contributed by atoms with van der Waals surface area (Å²) >= 11 is 0. The number of aromatic nitrogens is 4. The van der Waals surface area contributed by atoms with Crippen LogP contribution in [0.1, 0.15) is 42.8 Å². The van der Waals surface area contributed by atoms with Crippen LogP contribution >= 0.6 is 0 Å². The third kappa shape index (κ3) is 3.52. The standard InChI is InChI=1S/C16H22N6O2/c1-10-9-15(18-13-4-6-14(7-5-13)22(23)24)19-16(17-10)21-12(3)8-11(2)20-21/h8-9,13-14H,4-7H2,1-3H3,(H,17,18,19). The number of anilines is 1. The Morgan fingerprint density at radius 3 is 2.42 bits per heavy atom. The minimum Gasteiger partial charge on any atom is -0.367 e. The van der Waals surface area contributed by atoms with E-state index in [1.807, 2.05) is 32.9 Å². The van der Waals surface area contributed by atoms with Crippen LogP contribution in [-0.2, 0) is 0 Å². The predicted molar refractivity (Wildman–Crippen MR) is 90.0 cm³/mol. The summed E-state index contributed by atoms with van der Waals surface area (Å²) in [6.07, 6.45) is 2.78. The van der Waals surface area contributed by atoms with Crippen LogP contribution in [0.4, 0.5) is 5.82 Å². The summed E-state index contributed by atoms with van der Waals surface area (Å²) in [7, 11) is 0. The molecule has 128 valence electrons. The van der Waals surface area contributed by atoms with Gasteiger partial charge in [-0.2, -0.15) is 10.1 Å². The van der Waals surface area contributed by atoms with Gasteiger partial charge in [-0.05, 0) is 39.7 Å². The summed E-state index contributed by atoms with van der Waals surface area (Å²) in [4.78, 5) is 19.7. The number of aryl methyl sites for hydroxylation is 3. The minimum atomic E-state index is -0.402. The van der Waals surface area contributed by atoms with Crippen molar-refractivity contribution in [3.8, 4) is 5.95 Å². The van der Waals surface area contributed by atoms with Gasteiger partial charge in [0.25, 0.3) is 5.95 Å². The first-order chi connectivity index (χ1) is 11.4. The molecule has 1 fully saturated rings. The lowest BCUT2D eigenvalue weighted by atomic mass is 9.91. The van der Waals surface area contributed by atoms with Crippen LogP contribution in [0.2, 0.25) is 0 Å². The monoisotopic (exact) mass is 330 g/mol. The van der Waals surface area contributed by atoms with E-state index >= 15 is 0 Å². The molecule has 0 spiro atoms. The van der Waals surface area contributed by atoms with Crippen LogP contribution in [0, 0.1) is 30.9 Å². The maximum Gasteiger partial charge on any atom is 0.252 e. The zero-order chi connectivity index (χ0) is 17.3. The Labute approximate surface area is 140 Å². The molecule has 0 atom stereocenters. The highest BCUT2D eigenvalue weighted by atomic mass is 16.6. The summed E-state index contributed by atoms with van der Waals surface area (Å²) in [6.45, 7) is 5.83. The first-order valence-electron chi connectivity index (χ1n) is 8.21. The van der Waals surface area contributed by atoms with Gasteiger partial charge in [0.1, 0.15) is 5.82 Å². The number of hydrogen-bond acceptors (Lipinski definition) is 6. The van der Waals surface area contributed by atoms with E-state index in [0.717, 1.165) is 35.7 Å². The Kier molecular flexibility index (Phi) is 4.46. The molecule has 1 aliphatic rings. The summed E-state index contributed by atoms with van der Waals surface area (Å²) in [6, 6.07) is 3.69. The van der Waals surface area contributed by atoms with Crippen molar-refractivity contribution in [1.29, 1.82) is 0 Å². The van der Waals surface area contributed by atoms with Crippen LogP contribution in [-0.4, -0.2) is 36.8 Å². The van der Waals surface area contributed by atoms with Gasteiger partial charge in [0.2, 0.25) is 6.04 Å². The number of nitrogens with one attached hydrogen (secondary N) is 1. The zero-order valence-electron chi connectivity index (χ0n) is 14.2. The van der Waals surface area contributed by atoms with Crippen molar-refractivity contribution in [2.45, 2.75) is 58.5 Å². The van der Waals surface area contributed by atoms with Crippen molar-refractivity contribution in [2.24, 2.45) is 0 Å². The second-order valence-electron chi connectivity index (χ2n) is 6.47. The molecular formula is C16H22N6O2. The molecule has 3 rings (SSSR count). The molecule has 8 nitrogen and oxygen atoms in total. The highest BCUT2D eigenvalue weighted by molar-refractivity contribution is 5.40. The Morgan fingerprint density at radius 1 is 1.12 bits per heavy atom. The number of hydrogen-bond donors (Lipinski definition) is 1. The maximum absolute atomic E-state index is 10.9. The SMILES string of the molecule is Cc1cc(NC2CCC([N+](=O)[O-])CC2)nc(-n2nc(C)cc2C)n1. The summed E-state index contributed by atoms with van der Waals surface area (Å²) in [5, 5.41) is 18.7. The van der Waals surface area contributed by atoms with Crippen LogP contribution in [0.15, 0.2) is 12.1 Å². The van der Waals surface area contributed by atoms with E-state index in [4.69, 9.17) is 0 Å². The van der Waals surface area contributed by atoms with Gasteiger partial charge in [0.15, 0.2) is 0 Å². The van der Waals surface area contributed by atoms with Crippen LogP contribution in [0.3, 0.4) is 0 Å². The van der Waals surface area contributed by atoms with E-state index in [1.54, 1.807) is 4.68 Å². The van der Waals surface area contributed by atoms with Crippen molar-refractivity contribution in [1.82, 2.24) is 19.7 Å². The van der Waals surface area contributed by atoms with Gasteiger partial charge < -0.3 is 5.32 Å². The van der Waals surface area contributed by atoms with E-state index in [9.17, 15) is 10.1 Å². The molecule has 2 aromatic rings. The number of nitrogens with zero attached hydrogens (tertiary/aromatic N) is 5. The highest BCUT2D eigenvalue weighted by Crippen LogP contribution is 2.23. The maximum atomic E-state index is 10.9. The van der Waals surface area contributed by atoms with Crippen LogP contribution in [0.5, 0.6) is 0 Å². The summed E-state index contributed by atoms with van der Waals surface area (Å²) < 4.78 is 1.73. The smallest absolute Gasteiger partial charge is 0.252 e. The number of rotatable bonds is 4. The van der Waals surface area contributed by atoms with Crippen molar-refractivity contribution < 1.29 is 4.92 Å². The number of nitro groups is 1. The molecule has 0 radical (unpaired) electrons. The van der Waals surface area contributed by atoms with Crippen molar-refractivity contribution >= 4 is 5.82 Å². The fourth-order valence-corrected chi connectivity index (χ4v) is 3.19. The van der Waals surface area contributed by atoms with Gasteiger partial charge in [0, 0.05) is 41.3 Å². The Morgan fingerprint density at radius 2 is 1.83 bits per heavy atom. The molecule has 1 N–H and O–H groups in total. The van der Waals surface area contributed by atoms with Gasteiger partial charge in [-0.25, -0.2) is 9.67 Å². The highest BCUT2D eigenvalue weighted by Gasteiger charge is 2.28. The van der Waals surface area contributed by atoms with Crippen molar-refractivity contribution in [3.05, 3.63) is 39.3 Å². The molecule has 0 amide bonds. The van der Waals surface area contributed by atoms with E-state index < -0.39 is 6.04 Å². The van der Waals surface area contributed by atoms with E-state index in [1.165, 1.54) is 0 Å². The molecule has 1 saturated carbocycles.